The Morgan fingerprint density at radius 3 is 1.81 bits per heavy atom. The molecule has 2 aromatic heterocycles. The predicted octanol–water partition coefficient (Wildman–Crippen LogP) is 10.9. The third kappa shape index (κ3) is 4.74. The summed E-state index contributed by atoms with van der Waals surface area (Å²) in [5.41, 5.74) is 13.3. The van der Waals surface area contributed by atoms with E-state index in [4.69, 9.17) is 9.97 Å². The second kappa shape index (κ2) is 11.9. The Balaban J connectivity index is 1.48. The van der Waals surface area contributed by atoms with E-state index in [1.807, 2.05) is 0 Å². The summed E-state index contributed by atoms with van der Waals surface area (Å²) in [6.45, 7) is 4.32. The van der Waals surface area contributed by atoms with Gasteiger partial charge in [-0.2, -0.15) is 0 Å². The molecule has 0 saturated heterocycles. The van der Waals surface area contributed by atoms with Crippen LogP contribution in [0.25, 0.3) is 16.8 Å². The van der Waals surface area contributed by atoms with Crippen LogP contribution in [0.2, 0.25) is 0 Å². The zero-order chi connectivity index (χ0) is 31.8. The molecule has 3 heteroatoms. The van der Waals surface area contributed by atoms with Crippen molar-refractivity contribution in [3.63, 3.8) is 0 Å². The second-order valence-corrected chi connectivity index (χ2v) is 12.2. The lowest BCUT2D eigenvalue weighted by Gasteiger charge is -2.45. The minimum absolute atomic E-state index is 0.800. The quantitative estimate of drug-likeness (QED) is 0.195. The topological polar surface area (TPSA) is 29.0 Å². The first kappa shape index (κ1) is 28.7. The highest BCUT2D eigenvalue weighted by atomic mass is 15.2. The molecule has 47 heavy (non-hydrogen) atoms. The maximum Gasteiger partial charge on any atom is 0.109 e. The van der Waals surface area contributed by atoms with Gasteiger partial charge in [-0.05, 0) is 91.1 Å². The zero-order valence-electron chi connectivity index (χ0n) is 26.6. The standard InChI is InChI=1S/C44H35N3/c1-31-17-5-3-8-21-34(31)38-25-15-29-42(45-38)44(43-30-16-26-39(46-43)35-22-10-9-18-32(35)2)36-23-11-13-27-40(36)47(33-19-6-4-7-20-33)41-28-14-12-24-37(41)44/h4-30H,3H2,1-2H3. The van der Waals surface area contributed by atoms with Gasteiger partial charge in [-0.25, -0.2) is 0 Å². The van der Waals surface area contributed by atoms with Crippen LogP contribution in [0.3, 0.4) is 0 Å². The van der Waals surface area contributed by atoms with E-state index in [1.54, 1.807) is 0 Å². The average Bonchev–Trinajstić information content (AvgIpc) is 3.35. The summed E-state index contributed by atoms with van der Waals surface area (Å²) in [6, 6.07) is 49.6. The maximum atomic E-state index is 5.57. The first-order valence-corrected chi connectivity index (χ1v) is 16.3. The molecule has 0 amide bonds. The van der Waals surface area contributed by atoms with E-state index in [1.165, 1.54) is 11.1 Å². The van der Waals surface area contributed by atoms with E-state index in [9.17, 15) is 0 Å². The number of para-hydroxylation sites is 3. The van der Waals surface area contributed by atoms with Crippen LogP contribution in [0.5, 0.6) is 0 Å². The van der Waals surface area contributed by atoms with Gasteiger partial charge in [-0.1, -0.05) is 115 Å². The van der Waals surface area contributed by atoms with Crippen molar-refractivity contribution in [2.24, 2.45) is 0 Å². The molecule has 0 unspecified atom stereocenters. The molecule has 0 spiro atoms. The first-order valence-electron chi connectivity index (χ1n) is 16.3. The number of hydrogen-bond acceptors (Lipinski definition) is 3. The number of benzene rings is 4. The lowest BCUT2D eigenvalue weighted by atomic mass is 9.65. The Kier molecular flexibility index (Phi) is 7.23. The highest BCUT2D eigenvalue weighted by molar-refractivity contribution is 5.89. The molecule has 0 saturated carbocycles. The number of allylic oxidation sites excluding steroid dienone is 6. The molecule has 0 radical (unpaired) electrons. The number of aromatic nitrogens is 2. The fraction of sp³-hybridized carbons (Fsp3) is 0.0909. The van der Waals surface area contributed by atoms with E-state index in [-0.39, 0.29) is 0 Å². The van der Waals surface area contributed by atoms with Crippen molar-refractivity contribution >= 4 is 22.6 Å². The second-order valence-electron chi connectivity index (χ2n) is 12.2. The molecule has 3 heterocycles. The SMILES string of the molecule is CC1=C(c2cccc(C3(c4cccc(-c5ccccc5C)n4)c4ccccc4N(c4ccccc4)c4ccccc43)n2)C=CCC=C1. The summed E-state index contributed by atoms with van der Waals surface area (Å²) in [4.78, 5) is 13.5. The van der Waals surface area contributed by atoms with Gasteiger partial charge in [0.05, 0.1) is 34.2 Å². The summed E-state index contributed by atoms with van der Waals surface area (Å²) in [5.74, 6) is 0. The summed E-state index contributed by atoms with van der Waals surface area (Å²) in [5, 5.41) is 0. The minimum Gasteiger partial charge on any atom is -0.310 e. The Morgan fingerprint density at radius 1 is 0.532 bits per heavy atom. The van der Waals surface area contributed by atoms with Crippen LogP contribution in [-0.4, -0.2) is 9.97 Å². The van der Waals surface area contributed by atoms with E-state index >= 15 is 0 Å². The van der Waals surface area contributed by atoms with Crippen molar-refractivity contribution in [3.8, 4) is 11.3 Å². The smallest absolute Gasteiger partial charge is 0.109 e. The Morgan fingerprint density at radius 2 is 1.11 bits per heavy atom. The van der Waals surface area contributed by atoms with Crippen LogP contribution in [0.1, 0.15) is 47.1 Å². The number of hydrogen-bond donors (Lipinski definition) is 0. The third-order valence-electron chi connectivity index (χ3n) is 9.43. The van der Waals surface area contributed by atoms with Gasteiger partial charge >= 0.3 is 0 Å². The number of pyridine rings is 2. The van der Waals surface area contributed by atoms with Gasteiger partial charge in [-0.15, -0.1) is 0 Å². The predicted molar refractivity (Wildman–Crippen MR) is 194 cm³/mol. The molecule has 0 fully saturated rings. The highest BCUT2D eigenvalue weighted by Crippen LogP contribution is 2.57. The monoisotopic (exact) mass is 605 g/mol. The maximum absolute atomic E-state index is 5.57. The van der Waals surface area contributed by atoms with Gasteiger partial charge in [0.25, 0.3) is 0 Å². The number of nitrogens with zero attached hydrogens (tertiary/aromatic N) is 3. The number of anilines is 3. The van der Waals surface area contributed by atoms with Crippen LogP contribution in [0, 0.1) is 6.92 Å². The third-order valence-corrected chi connectivity index (χ3v) is 9.43. The summed E-state index contributed by atoms with van der Waals surface area (Å²) in [6.07, 6.45) is 9.75. The zero-order valence-corrected chi connectivity index (χ0v) is 26.6. The molecule has 226 valence electrons. The number of fused-ring (bicyclic) bond motifs is 2. The van der Waals surface area contributed by atoms with Crippen LogP contribution in [0.15, 0.2) is 169 Å². The summed E-state index contributed by atoms with van der Waals surface area (Å²) in [7, 11) is 0. The lowest BCUT2D eigenvalue weighted by molar-refractivity contribution is 0.677. The largest absolute Gasteiger partial charge is 0.310 e. The molecule has 1 aliphatic carbocycles. The van der Waals surface area contributed by atoms with Crippen molar-refractivity contribution in [1.82, 2.24) is 9.97 Å². The Hall–Kier alpha value is -5.80. The average molecular weight is 606 g/mol. The van der Waals surface area contributed by atoms with E-state index in [0.29, 0.717) is 0 Å². The minimum atomic E-state index is -0.800. The molecule has 8 rings (SSSR count). The van der Waals surface area contributed by atoms with Gasteiger partial charge in [0, 0.05) is 16.8 Å². The molecule has 3 nitrogen and oxygen atoms in total. The molecule has 6 aromatic rings. The van der Waals surface area contributed by atoms with E-state index < -0.39 is 5.41 Å². The first-order chi connectivity index (χ1) is 23.2. The highest BCUT2D eigenvalue weighted by Gasteiger charge is 2.48. The molecule has 0 N–H and O–H groups in total. The fourth-order valence-electron chi connectivity index (χ4n) is 7.25. The van der Waals surface area contributed by atoms with Crippen molar-refractivity contribution in [1.29, 1.82) is 0 Å². The van der Waals surface area contributed by atoms with Gasteiger partial charge < -0.3 is 4.90 Å². The van der Waals surface area contributed by atoms with Gasteiger partial charge in [0.1, 0.15) is 5.41 Å². The fourth-order valence-corrected chi connectivity index (χ4v) is 7.25. The normalized spacial score (nSPS) is 14.8. The molecular formula is C44H35N3. The number of aryl methyl sites for hydroxylation is 1. The molecule has 2 aliphatic rings. The van der Waals surface area contributed by atoms with Crippen LogP contribution >= 0.6 is 0 Å². The van der Waals surface area contributed by atoms with Crippen LogP contribution in [-0.2, 0) is 5.41 Å². The summed E-state index contributed by atoms with van der Waals surface area (Å²) < 4.78 is 0. The molecule has 1 aliphatic heterocycles. The van der Waals surface area contributed by atoms with Crippen molar-refractivity contribution < 1.29 is 0 Å². The van der Waals surface area contributed by atoms with Crippen molar-refractivity contribution in [2.75, 3.05) is 4.90 Å². The molecule has 0 bridgehead atoms. The van der Waals surface area contributed by atoms with Crippen molar-refractivity contribution in [3.05, 3.63) is 203 Å². The van der Waals surface area contributed by atoms with Gasteiger partial charge in [-0.3, -0.25) is 9.97 Å². The van der Waals surface area contributed by atoms with Gasteiger partial charge in [0.15, 0.2) is 0 Å². The molecule has 4 aromatic carbocycles. The van der Waals surface area contributed by atoms with Crippen molar-refractivity contribution in [2.45, 2.75) is 25.7 Å². The summed E-state index contributed by atoms with van der Waals surface area (Å²) >= 11 is 0. The Labute approximate surface area is 276 Å². The van der Waals surface area contributed by atoms with E-state index in [2.05, 4.69) is 183 Å². The van der Waals surface area contributed by atoms with Crippen LogP contribution in [0.4, 0.5) is 17.1 Å². The van der Waals surface area contributed by atoms with Crippen LogP contribution < -0.4 is 4.90 Å². The lowest BCUT2D eigenvalue weighted by Crippen LogP contribution is -2.39. The number of rotatable bonds is 5. The van der Waals surface area contributed by atoms with E-state index in [0.717, 1.165) is 68.5 Å². The van der Waals surface area contributed by atoms with Gasteiger partial charge in [0.2, 0.25) is 0 Å². The molecule has 0 atom stereocenters. The molecular weight excluding hydrogens is 571 g/mol. The Bertz CT molecular complexity index is 2160.